The van der Waals surface area contributed by atoms with Crippen LogP contribution in [0.15, 0.2) is 18.7 Å². The summed E-state index contributed by atoms with van der Waals surface area (Å²) < 4.78 is 5.28. The lowest BCUT2D eigenvalue weighted by Crippen LogP contribution is -2.11. The molecule has 0 spiro atoms. The second kappa shape index (κ2) is 5.35. The lowest BCUT2D eigenvalue weighted by molar-refractivity contribution is 0.0694. The average molecular weight is 250 g/mol. The van der Waals surface area contributed by atoms with Crippen molar-refractivity contribution in [3.05, 3.63) is 41.0 Å². The van der Waals surface area contributed by atoms with E-state index in [4.69, 9.17) is 14.9 Å². The summed E-state index contributed by atoms with van der Waals surface area (Å²) in [6.45, 7) is 6.72. The first-order valence-electron chi connectivity index (χ1n) is 5.24. The minimum atomic E-state index is -1.18. The van der Waals surface area contributed by atoms with Crippen LogP contribution >= 0.6 is 0 Å². The van der Waals surface area contributed by atoms with E-state index in [2.05, 4.69) is 6.58 Å². The highest BCUT2D eigenvalue weighted by Gasteiger charge is 2.21. The van der Waals surface area contributed by atoms with E-state index in [1.807, 2.05) is 0 Å². The molecule has 0 aromatic heterocycles. The Morgan fingerprint density at radius 3 is 2.33 bits per heavy atom. The number of carbonyl (C=O) groups is 2. The largest absolute Gasteiger partial charge is 0.489 e. The quantitative estimate of drug-likeness (QED) is 0.783. The van der Waals surface area contributed by atoms with Gasteiger partial charge in [-0.1, -0.05) is 12.7 Å². The molecule has 2 N–H and O–H groups in total. The lowest BCUT2D eigenvalue weighted by atomic mass is 9.96. The van der Waals surface area contributed by atoms with E-state index in [1.165, 1.54) is 19.1 Å². The third kappa shape index (κ3) is 2.51. The van der Waals surface area contributed by atoms with Gasteiger partial charge in [0.25, 0.3) is 0 Å². The molecule has 0 amide bonds. The summed E-state index contributed by atoms with van der Waals surface area (Å²) in [5.74, 6) is -2.11. The number of aromatic carboxylic acids is 2. The Balaban J connectivity index is 3.49. The first kappa shape index (κ1) is 13.8. The molecule has 0 saturated carbocycles. The first-order valence-corrected chi connectivity index (χ1v) is 5.24. The van der Waals surface area contributed by atoms with Crippen molar-refractivity contribution in [2.45, 2.75) is 13.8 Å². The van der Waals surface area contributed by atoms with Crippen LogP contribution in [-0.4, -0.2) is 28.8 Å². The predicted octanol–water partition coefficient (Wildman–Crippen LogP) is 2.26. The molecule has 1 rings (SSSR count). The van der Waals surface area contributed by atoms with Crippen LogP contribution in [0.1, 0.15) is 31.8 Å². The van der Waals surface area contributed by atoms with Crippen LogP contribution in [0.3, 0.4) is 0 Å². The zero-order chi connectivity index (χ0) is 13.9. The summed E-state index contributed by atoms with van der Waals surface area (Å²) >= 11 is 0. The molecule has 0 bridgehead atoms. The second-order valence-electron chi connectivity index (χ2n) is 3.76. The third-order valence-corrected chi connectivity index (χ3v) is 2.60. The first-order chi connectivity index (χ1) is 8.40. The molecule has 1 aromatic rings. The van der Waals surface area contributed by atoms with Crippen molar-refractivity contribution in [1.29, 1.82) is 0 Å². The van der Waals surface area contributed by atoms with Gasteiger partial charge >= 0.3 is 11.9 Å². The van der Waals surface area contributed by atoms with Gasteiger partial charge in [0, 0.05) is 5.56 Å². The molecule has 0 saturated heterocycles. The molecule has 0 heterocycles. The fourth-order valence-corrected chi connectivity index (χ4v) is 1.73. The van der Waals surface area contributed by atoms with Crippen molar-refractivity contribution in [2.24, 2.45) is 0 Å². The van der Waals surface area contributed by atoms with Crippen LogP contribution in [-0.2, 0) is 0 Å². The molecule has 0 aliphatic rings. The van der Waals surface area contributed by atoms with Gasteiger partial charge in [0.1, 0.15) is 12.4 Å². The molecule has 96 valence electrons. The fourth-order valence-electron chi connectivity index (χ4n) is 1.73. The minimum absolute atomic E-state index is 0.0334. The maximum atomic E-state index is 11.2. The molecule has 0 atom stereocenters. The predicted molar refractivity (Wildman–Crippen MR) is 65.5 cm³/mol. The average Bonchev–Trinajstić information content (AvgIpc) is 2.27. The molecular formula is C13H14O5. The van der Waals surface area contributed by atoms with E-state index in [1.54, 1.807) is 6.92 Å². The van der Waals surface area contributed by atoms with E-state index in [0.29, 0.717) is 5.56 Å². The summed E-state index contributed by atoms with van der Waals surface area (Å²) in [4.78, 5) is 22.2. The second-order valence-corrected chi connectivity index (χ2v) is 3.76. The van der Waals surface area contributed by atoms with Crippen molar-refractivity contribution in [1.82, 2.24) is 0 Å². The molecule has 0 unspecified atom stereocenters. The molecule has 0 aliphatic carbocycles. The number of carboxylic acids is 2. The Morgan fingerprint density at radius 2 is 1.89 bits per heavy atom. The van der Waals surface area contributed by atoms with Gasteiger partial charge in [0.15, 0.2) is 0 Å². The number of ether oxygens (including phenoxy) is 1. The zero-order valence-electron chi connectivity index (χ0n) is 10.2. The van der Waals surface area contributed by atoms with E-state index >= 15 is 0 Å². The molecule has 5 nitrogen and oxygen atoms in total. The summed E-state index contributed by atoms with van der Waals surface area (Å²) in [5, 5.41) is 18.2. The Bertz CT molecular complexity index is 517. The van der Waals surface area contributed by atoms with Gasteiger partial charge < -0.3 is 14.9 Å². The summed E-state index contributed by atoms with van der Waals surface area (Å²) in [7, 11) is 0. The highest BCUT2D eigenvalue weighted by molar-refractivity contribution is 5.98. The van der Waals surface area contributed by atoms with Gasteiger partial charge in [-0.25, -0.2) is 9.59 Å². The van der Waals surface area contributed by atoms with Crippen LogP contribution < -0.4 is 4.74 Å². The SMILES string of the molecule is C=CCOc1cc(C(=O)O)c(C)c(C(=O)O)c1C. The van der Waals surface area contributed by atoms with Crippen LogP contribution in [0.25, 0.3) is 0 Å². The van der Waals surface area contributed by atoms with Crippen LogP contribution in [0.4, 0.5) is 0 Å². The molecule has 18 heavy (non-hydrogen) atoms. The fraction of sp³-hybridized carbons (Fsp3) is 0.231. The van der Waals surface area contributed by atoms with Gasteiger partial charge in [-0.3, -0.25) is 0 Å². The summed E-state index contributed by atoms with van der Waals surface area (Å²) in [5.41, 5.74) is 0.524. The summed E-state index contributed by atoms with van der Waals surface area (Å²) in [6.07, 6.45) is 1.50. The Kier molecular flexibility index (Phi) is 4.09. The van der Waals surface area contributed by atoms with Gasteiger partial charge in [-0.15, -0.1) is 0 Å². The molecule has 1 aromatic carbocycles. The molecule has 0 aliphatic heterocycles. The van der Waals surface area contributed by atoms with Crippen molar-refractivity contribution in [3.8, 4) is 5.75 Å². The number of hydrogen-bond donors (Lipinski definition) is 2. The maximum absolute atomic E-state index is 11.2. The Labute approximate surface area is 104 Å². The van der Waals surface area contributed by atoms with Crippen molar-refractivity contribution < 1.29 is 24.5 Å². The van der Waals surface area contributed by atoms with Crippen molar-refractivity contribution >= 4 is 11.9 Å². The monoisotopic (exact) mass is 250 g/mol. The zero-order valence-corrected chi connectivity index (χ0v) is 10.2. The van der Waals surface area contributed by atoms with Gasteiger partial charge in [0.05, 0.1) is 11.1 Å². The lowest BCUT2D eigenvalue weighted by Gasteiger charge is -2.14. The van der Waals surface area contributed by atoms with E-state index in [9.17, 15) is 9.59 Å². The smallest absolute Gasteiger partial charge is 0.336 e. The standard InChI is InChI=1S/C13H14O5/c1-4-5-18-10-6-9(12(14)15)7(2)11(8(10)3)13(16)17/h4,6H,1,5H2,2-3H3,(H,14,15)(H,16,17). The highest BCUT2D eigenvalue weighted by atomic mass is 16.5. The Morgan fingerprint density at radius 1 is 1.28 bits per heavy atom. The number of rotatable bonds is 5. The molecular weight excluding hydrogens is 236 g/mol. The Hall–Kier alpha value is -2.30. The topological polar surface area (TPSA) is 83.8 Å². The van der Waals surface area contributed by atoms with Crippen LogP contribution in [0.2, 0.25) is 0 Å². The normalized spacial score (nSPS) is 9.89. The number of benzene rings is 1. The van der Waals surface area contributed by atoms with Crippen molar-refractivity contribution in [2.75, 3.05) is 6.61 Å². The molecule has 0 fully saturated rings. The molecule has 5 heteroatoms. The molecule has 0 radical (unpaired) electrons. The van der Waals surface area contributed by atoms with Gasteiger partial charge in [-0.2, -0.15) is 0 Å². The van der Waals surface area contributed by atoms with E-state index < -0.39 is 11.9 Å². The number of carboxylic acid groups (broad SMARTS) is 2. The van der Waals surface area contributed by atoms with Crippen LogP contribution in [0, 0.1) is 13.8 Å². The van der Waals surface area contributed by atoms with E-state index in [0.717, 1.165) is 0 Å². The highest BCUT2D eigenvalue weighted by Crippen LogP contribution is 2.28. The van der Waals surface area contributed by atoms with Crippen LogP contribution in [0.5, 0.6) is 5.75 Å². The minimum Gasteiger partial charge on any atom is -0.489 e. The van der Waals surface area contributed by atoms with Crippen molar-refractivity contribution in [3.63, 3.8) is 0 Å². The van der Waals surface area contributed by atoms with Gasteiger partial charge in [-0.05, 0) is 25.5 Å². The van der Waals surface area contributed by atoms with Gasteiger partial charge in [0.2, 0.25) is 0 Å². The summed E-state index contributed by atoms with van der Waals surface area (Å²) in [6, 6.07) is 1.34. The maximum Gasteiger partial charge on any atom is 0.336 e. The van der Waals surface area contributed by atoms with E-state index in [-0.39, 0.29) is 29.0 Å². The number of hydrogen-bond acceptors (Lipinski definition) is 3. The third-order valence-electron chi connectivity index (χ3n) is 2.60.